The van der Waals surface area contributed by atoms with Crippen molar-refractivity contribution >= 4 is 28.7 Å². The highest BCUT2D eigenvalue weighted by Crippen LogP contribution is 2.28. The van der Waals surface area contributed by atoms with E-state index in [2.05, 4.69) is 10.3 Å². The number of ether oxygens (including phenoxy) is 1. The maximum Gasteiger partial charge on any atom is 0.405 e. The normalized spacial score (nSPS) is 11.8. The minimum absolute atomic E-state index is 0.0972. The van der Waals surface area contributed by atoms with Crippen LogP contribution in [0.25, 0.3) is 10.9 Å². The average Bonchev–Trinajstić information content (AvgIpc) is 3.04. The number of aromatic nitrogens is 1. The summed E-state index contributed by atoms with van der Waals surface area (Å²) in [5, 5.41) is 11.5. The molecule has 2 amide bonds. The summed E-state index contributed by atoms with van der Waals surface area (Å²) >= 11 is 0. The van der Waals surface area contributed by atoms with E-state index in [0.29, 0.717) is 35.3 Å². The molecule has 0 fully saturated rings. The number of aromatic amines is 1. The molecular formula is C18H23N3O5. The fraction of sp³-hybridized carbons (Fsp3) is 0.389. The maximum absolute atomic E-state index is 12.5. The lowest BCUT2D eigenvalue weighted by atomic mass is 10.0. The van der Waals surface area contributed by atoms with Crippen molar-refractivity contribution in [2.45, 2.75) is 26.8 Å². The summed E-state index contributed by atoms with van der Waals surface area (Å²) in [5.74, 6) is -0.00920. The molecule has 0 aliphatic heterocycles. The molecule has 0 saturated heterocycles. The Bertz CT molecular complexity index is 810. The number of amides is 2. The number of rotatable bonds is 8. The monoisotopic (exact) mass is 361 g/mol. The molecule has 1 aromatic heterocycles. The molecule has 0 spiro atoms. The van der Waals surface area contributed by atoms with Crippen LogP contribution in [0.5, 0.6) is 5.75 Å². The zero-order chi connectivity index (χ0) is 19.3. The molecule has 2 aromatic rings. The number of ketones is 1. The second kappa shape index (κ2) is 8.37. The Labute approximate surface area is 151 Å². The van der Waals surface area contributed by atoms with Gasteiger partial charge in [-0.3, -0.25) is 9.59 Å². The van der Waals surface area contributed by atoms with E-state index in [1.807, 2.05) is 13.8 Å². The van der Waals surface area contributed by atoms with Crippen LogP contribution in [0.3, 0.4) is 0 Å². The van der Waals surface area contributed by atoms with Crippen molar-refractivity contribution in [1.82, 2.24) is 15.2 Å². The van der Waals surface area contributed by atoms with Crippen molar-refractivity contribution in [2.75, 3.05) is 19.7 Å². The van der Waals surface area contributed by atoms with Gasteiger partial charge in [-0.15, -0.1) is 0 Å². The number of H-pyrrole nitrogens is 1. The number of nitrogens with zero attached hydrogens (tertiary/aromatic N) is 1. The molecule has 0 radical (unpaired) electrons. The van der Waals surface area contributed by atoms with Gasteiger partial charge in [-0.25, -0.2) is 4.79 Å². The van der Waals surface area contributed by atoms with Crippen molar-refractivity contribution in [3.63, 3.8) is 0 Å². The Morgan fingerprint density at radius 2 is 1.96 bits per heavy atom. The third kappa shape index (κ3) is 4.14. The van der Waals surface area contributed by atoms with Crippen LogP contribution in [0.15, 0.2) is 24.4 Å². The van der Waals surface area contributed by atoms with Gasteiger partial charge in [0.2, 0.25) is 0 Å². The van der Waals surface area contributed by atoms with E-state index in [1.54, 1.807) is 23.1 Å². The number of hydrogen-bond acceptors (Lipinski definition) is 4. The van der Waals surface area contributed by atoms with Gasteiger partial charge in [0.05, 0.1) is 11.6 Å². The van der Waals surface area contributed by atoms with Gasteiger partial charge in [0.15, 0.2) is 12.4 Å². The van der Waals surface area contributed by atoms with E-state index in [1.165, 1.54) is 13.1 Å². The Morgan fingerprint density at radius 1 is 1.27 bits per heavy atom. The van der Waals surface area contributed by atoms with Crippen LogP contribution in [0, 0.1) is 0 Å². The van der Waals surface area contributed by atoms with Gasteiger partial charge >= 0.3 is 6.09 Å². The third-order valence-electron chi connectivity index (χ3n) is 4.14. The van der Waals surface area contributed by atoms with E-state index in [9.17, 15) is 14.4 Å². The first kappa shape index (κ1) is 19.3. The summed E-state index contributed by atoms with van der Waals surface area (Å²) in [6, 6.07) is 4.30. The zero-order valence-corrected chi connectivity index (χ0v) is 15.0. The fourth-order valence-corrected chi connectivity index (χ4v) is 2.74. The largest absolute Gasteiger partial charge is 0.482 e. The minimum Gasteiger partial charge on any atom is -0.482 e. The lowest BCUT2D eigenvalue weighted by Crippen LogP contribution is -2.37. The molecule has 1 atom stereocenters. The van der Waals surface area contributed by atoms with Crippen LogP contribution in [0.2, 0.25) is 0 Å². The maximum atomic E-state index is 12.5. The summed E-state index contributed by atoms with van der Waals surface area (Å²) in [7, 11) is 0. The first-order valence-corrected chi connectivity index (χ1v) is 8.43. The van der Waals surface area contributed by atoms with Crippen molar-refractivity contribution in [2.24, 2.45) is 0 Å². The fourth-order valence-electron chi connectivity index (χ4n) is 2.74. The number of likely N-dealkylation sites (N-methyl/N-ethyl adjacent to an activating group) is 1. The topological polar surface area (TPSA) is 112 Å². The molecule has 1 aromatic carbocycles. The minimum atomic E-state index is -1.26. The predicted octanol–water partition coefficient (Wildman–Crippen LogP) is 2.25. The van der Waals surface area contributed by atoms with E-state index < -0.39 is 12.1 Å². The molecule has 0 aliphatic rings. The molecule has 0 saturated carbocycles. The first-order chi connectivity index (χ1) is 12.4. The van der Waals surface area contributed by atoms with Gasteiger partial charge < -0.3 is 25.0 Å². The van der Waals surface area contributed by atoms with Crippen LogP contribution in [0.1, 0.15) is 31.1 Å². The van der Waals surface area contributed by atoms with Crippen molar-refractivity contribution in [1.29, 1.82) is 0 Å². The number of benzene rings is 1. The smallest absolute Gasteiger partial charge is 0.405 e. The highest BCUT2D eigenvalue weighted by molar-refractivity contribution is 6.11. The van der Waals surface area contributed by atoms with Crippen LogP contribution < -0.4 is 10.1 Å². The summed E-state index contributed by atoms with van der Waals surface area (Å²) in [6.45, 7) is 6.41. The van der Waals surface area contributed by atoms with Gasteiger partial charge in [-0.2, -0.15) is 0 Å². The van der Waals surface area contributed by atoms with Crippen LogP contribution in [-0.4, -0.2) is 58.5 Å². The summed E-state index contributed by atoms with van der Waals surface area (Å²) in [4.78, 5) is 39.9. The highest BCUT2D eigenvalue weighted by Gasteiger charge is 2.21. The molecule has 8 heteroatoms. The van der Waals surface area contributed by atoms with Crippen LogP contribution in [-0.2, 0) is 4.79 Å². The van der Waals surface area contributed by atoms with Gasteiger partial charge in [-0.05, 0) is 26.8 Å². The third-order valence-corrected chi connectivity index (χ3v) is 4.14. The van der Waals surface area contributed by atoms with E-state index in [-0.39, 0.29) is 18.3 Å². The highest BCUT2D eigenvalue weighted by atomic mass is 16.5. The standard InChI is InChI=1S/C18H23N3O5/c1-4-21(5-2)15(22)10-26-14-8-6-7-12-13(9-19-16(12)14)17(23)11(3)20-18(24)25/h6-9,11,19-20H,4-5,10H2,1-3H3,(H,24,25). The van der Waals surface area contributed by atoms with Gasteiger partial charge in [-0.1, -0.05) is 12.1 Å². The lowest BCUT2D eigenvalue weighted by Gasteiger charge is -2.18. The molecule has 140 valence electrons. The number of nitrogens with one attached hydrogen (secondary N) is 2. The summed E-state index contributed by atoms with van der Waals surface area (Å²) in [6.07, 6.45) is 0.260. The second-order valence-corrected chi connectivity index (χ2v) is 5.77. The summed E-state index contributed by atoms with van der Waals surface area (Å²) < 4.78 is 5.64. The Kier molecular flexibility index (Phi) is 6.21. The first-order valence-electron chi connectivity index (χ1n) is 8.43. The van der Waals surface area contributed by atoms with E-state index in [4.69, 9.17) is 9.84 Å². The number of fused-ring (bicyclic) bond motifs is 1. The average molecular weight is 361 g/mol. The number of carbonyl (C=O) groups is 3. The molecule has 1 unspecified atom stereocenters. The molecule has 0 bridgehead atoms. The Hall–Kier alpha value is -3.03. The SMILES string of the molecule is CCN(CC)C(=O)COc1cccc2c(C(=O)C(C)NC(=O)O)c[nH]c12. The Morgan fingerprint density at radius 3 is 2.58 bits per heavy atom. The van der Waals surface area contributed by atoms with Crippen molar-refractivity contribution in [3.05, 3.63) is 30.0 Å². The number of Topliss-reactive ketones (excluding diaryl/α,β-unsaturated/α-hetero) is 1. The molecule has 8 nitrogen and oxygen atoms in total. The van der Waals surface area contributed by atoms with Crippen LogP contribution in [0.4, 0.5) is 4.79 Å². The molecule has 3 N–H and O–H groups in total. The predicted molar refractivity (Wildman–Crippen MR) is 96.7 cm³/mol. The second-order valence-electron chi connectivity index (χ2n) is 5.77. The van der Waals surface area contributed by atoms with E-state index in [0.717, 1.165) is 0 Å². The van der Waals surface area contributed by atoms with Gasteiger partial charge in [0.25, 0.3) is 5.91 Å². The van der Waals surface area contributed by atoms with Crippen molar-refractivity contribution < 1.29 is 24.2 Å². The van der Waals surface area contributed by atoms with Gasteiger partial charge in [0.1, 0.15) is 5.75 Å². The van der Waals surface area contributed by atoms with Crippen molar-refractivity contribution in [3.8, 4) is 5.75 Å². The number of hydrogen-bond donors (Lipinski definition) is 3. The van der Waals surface area contributed by atoms with Crippen LogP contribution >= 0.6 is 0 Å². The number of carboxylic acid groups (broad SMARTS) is 1. The molecule has 0 aliphatic carbocycles. The number of carbonyl (C=O) groups excluding carboxylic acids is 2. The molecule has 2 rings (SSSR count). The number of para-hydroxylation sites is 1. The quantitative estimate of drug-likeness (QED) is 0.625. The van der Waals surface area contributed by atoms with Gasteiger partial charge in [0, 0.05) is 30.2 Å². The molecule has 1 heterocycles. The van der Waals surface area contributed by atoms with E-state index >= 15 is 0 Å². The Balaban J connectivity index is 2.21. The zero-order valence-electron chi connectivity index (χ0n) is 15.0. The lowest BCUT2D eigenvalue weighted by molar-refractivity contribution is -0.132. The molecule has 26 heavy (non-hydrogen) atoms. The molecular weight excluding hydrogens is 338 g/mol. The summed E-state index contributed by atoms with van der Waals surface area (Å²) in [5.41, 5.74) is 0.951.